The molecule has 0 N–H and O–H groups in total. The van der Waals surface area contributed by atoms with Crippen LogP contribution < -0.4 is 4.90 Å². The molecule has 1 amide bonds. The predicted octanol–water partition coefficient (Wildman–Crippen LogP) is 3.01. The van der Waals surface area contributed by atoms with Crippen molar-refractivity contribution in [1.29, 1.82) is 0 Å². The van der Waals surface area contributed by atoms with Gasteiger partial charge in [0, 0.05) is 12.2 Å². The number of carbonyl (C=O) groups excluding carboxylic acids is 1. The summed E-state index contributed by atoms with van der Waals surface area (Å²) >= 11 is 0. The molecule has 0 aliphatic heterocycles. The van der Waals surface area contributed by atoms with E-state index in [9.17, 15) is 4.79 Å². The molecule has 0 saturated carbocycles. The molecule has 0 saturated heterocycles. The first-order chi connectivity index (χ1) is 8.03. The van der Waals surface area contributed by atoms with Crippen LogP contribution in [0.3, 0.4) is 0 Å². The summed E-state index contributed by atoms with van der Waals surface area (Å²) < 4.78 is 5.58. The number of carbonyl (C=O) groups is 1. The molecule has 1 aromatic carbocycles. The Morgan fingerprint density at radius 2 is 1.88 bits per heavy atom. The molecule has 0 atom stereocenters. The van der Waals surface area contributed by atoms with Crippen LogP contribution in [0.1, 0.15) is 0 Å². The van der Waals surface area contributed by atoms with Crippen LogP contribution in [0.25, 0.3) is 0 Å². The maximum atomic E-state index is 11.0. The number of rotatable bonds is 6. The van der Waals surface area contributed by atoms with Gasteiger partial charge in [-0.05, 0) is 37.8 Å². The molecular formula is C13H19NO2Si. The van der Waals surface area contributed by atoms with Crippen molar-refractivity contribution in [3.8, 4) is 0 Å². The molecule has 0 spiro atoms. The van der Waals surface area contributed by atoms with Crippen LogP contribution >= 0.6 is 0 Å². The quantitative estimate of drug-likeness (QED) is 0.440. The number of anilines is 1. The van der Waals surface area contributed by atoms with E-state index in [0.717, 1.165) is 12.1 Å². The minimum absolute atomic E-state index is 0.526. The molecule has 0 unspecified atom stereocenters. The molecule has 0 heterocycles. The highest BCUT2D eigenvalue weighted by molar-refractivity contribution is 6.69. The number of amides is 1. The standard InChI is InChI=1S/C13H19NO2Si/c1-17(2,3)16-11-7-10-14(12-15)13-8-5-4-6-9-13/h4-9,11-12H,10H2,1-3H3/b11-7+. The van der Waals surface area contributed by atoms with Gasteiger partial charge in [-0.2, -0.15) is 0 Å². The average molecular weight is 249 g/mol. The minimum Gasteiger partial charge on any atom is -0.550 e. The summed E-state index contributed by atoms with van der Waals surface area (Å²) in [4.78, 5) is 12.6. The van der Waals surface area contributed by atoms with Crippen LogP contribution in [-0.2, 0) is 9.22 Å². The maximum absolute atomic E-state index is 11.0. The second-order valence-electron chi connectivity index (χ2n) is 4.70. The first-order valence-electron chi connectivity index (χ1n) is 5.63. The Morgan fingerprint density at radius 1 is 1.24 bits per heavy atom. The second-order valence-corrected chi connectivity index (χ2v) is 9.16. The van der Waals surface area contributed by atoms with Gasteiger partial charge in [0.2, 0.25) is 14.7 Å². The first kappa shape index (κ1) is 13.5. The molecule has 0 fully saturated rings. The van der Waals surface area contributed by atoms with Crippen molar-refractivity contribution in [3.05, 3.63) is 42.7 Å². The lowest BCUT2D eigenvalue weighted by Gasteiger charge is -2.17. The van der Waals surface area contributed by atoms with E-state index in [1.807, 2.05) is 36.4 Å². The summed E-state index contributed by atoms with van der Waals surface area (Å²) in [5, 5.41) is 0. The Kier molecular flexibility index (Phi) is 4.97. The van der Waals surface area contributed by atoms with Gasteiger partial charge in [-0.3, -0.25) is 4.79 Å². The Balaban J connectivity index is 2.52. The molecule has 1 aromatic rings. The highest BCUT2D eigenvalue weighted by atomic mass is 28.4. The monoisotopic (exact) mass is 249 g/mol. The Labute approximate surface area is 104 Å². The van der Waals surface area contributed by atoms with Gasteiger partial charge in [0.1, 0.15) is 0 Å². The van der Waals surface area contributed by atoms with Gasteiger partial charge < -0.3 is 9.33 Å². The summed E-state index contributed by atoms with van der Waals surface area (Å²) in [7, 11) is -1.51. The molecule has 1 rings (SSSR count). The van der Waals surface area contributed by atoms with E-state index in [2.05, 4.69) is 19.6 Å². The number of para-hydroxylation sites is 1. The molecule has 0 radical (unpaired) electrons. The number of nitrogens with zero attached hydrogens (tertiary/aromatic N) is 1. The molecule has 17 heavy (non-hydrogen) atoms. The highest BCUT2D eigenvalue weighted by Crippen LogP contribution is 2.11. The molecule has 4 heteroatoms. The van der Waals surface area contributed by atoms with Gasteiger partial charge in [-0.1, -0.05) is 18.2 Å². The lowest BCUT2D eigenvalue weighted by atomic mass is 10.3. The molecule has 0 aliphatic carbocycles. The van der Waals surface area contributed by atoms with Crippen molar-refractivity contribution in [2.24, 2.45) is 0 Å². The van der Waals surface area contributed by atoms with Gasteiger partial charge in [0.05, 0.1) is 6.26 Å². The Hall–Kier alpha value is -1.55. The van der Waals surface area contributed by atoms with Crippen LogP contribution in [0, 0.1) is 0 Å². The van der Waals surface area contributed by atoms with E-state index in [-0.39, 0.29) is 0 Å². The zero-order chi connectivity index (χ0) is 12.7. The Morgan fingerprint density at radius 3 is 2.41 bits per heavy atom. The molecule has 3 nitrogen and oxygen atoms in total. The van der Waals surface area contributed by atoms with Crippen molar-refractivity contribution in [1.82, 2.24) is 0 Å². The molecule has 92 valence electrons. The van der Waals surface area contributed by atoms with E-state index >= 15 is 0 Å². The average Bonchev–Trinajstić information content (AvgIpc) is 2.29. The van der Waals surface area contributed by atoms with E-state index in [1.165, 1.54) is 0 Å². The SMILES string of the molecule is C[Si](C)(C)O/C=C/CN(C=O)c1ccccc1. The van der Waals surface area contributed by atoms with E-state index in [1.54, 1.807) is 11.2 Å². The molecule has 0 bridgehead atoms. The van der Waals surface area contributed by atoms with Crippen LogP contribution in [0.2, 0.25) is 19.6 Å². The fourth-order valence-corrected chi connectivity index (χ4v) is 1.74. The van der Waals surface area contributed by atoms with Gasteiger partial charge in [-0.15, -0.1) is 0 Å². The summed E-state index contributed by atoms with van der Waals surface area (Å²) in [5.41, 5.74) is 0.889. The lowest BCUT2D eigenvalue weighted by molar-refractivity contribution is -0.107. The highest BCUT2D eigenvalue weighted by Gasteiger charge is 2.12. The maximum Gasteiger partial charge on any atom is 0.241 e. The van der Waals surface area contributed by atoms with Crippen molar-refractivity contribution < 1.29 is 9.22 Å². The predicted molar refractivity (Wildman–Crippen MR) is 73.4 cm³/mol. The van der Waals surface area contributed by atoms with E-state index < -0.39 is 8.32 Å². The van der Waals surface area contributed by atoms with Crippen molar-refractivity contribution in [2.45, 2.75) is 19.6 Å². The van der Waals surface area contributed by atoms with Crippen LogP contribution in [-0.4, -0.2) is 21.3 Å². The van der Waals surface area contributed by atoms with Crippen molar-refractivity contribution >= 4 is 20.4 Å². The Bertz CT molecular complexity index is 371. The van der Waals surface area contributed by atoms with Crippen LogP contribution in [0.4, 0.5) is 5.69 Å². The largest absolute Gasteiger partial charge is 0.550 e. The summed E-state index contributed by atoms with van der Waals surface area (Å²) in [6.45, 7) is 6.88. The minimum atomic E-state index is -1.51. The smallest absolute Gasteiger partial charge is 0.241 e. The third-order valence-electron chi connectivity index (χ3n) is 2.04. The van der Waals surface area contributed by atoms with Crippen molar-refractivity contribution in [2.75, 3.05) is 11.4 Å². The first-order valence-corrected chi connectivity index (χ1v) is 9.03. The van der Waals surface area contributed by atoms with E-state index in [4.69, 9.17) is 4.43 Å². The summed E-state index contributed by atoms with van der Waals surface area (Å²) in [6, 6.07) is 9.56. The number of benzene rings is 1. The lowest BCUT2D eigenvalue weighted by Crippen LogP contribution is -2.23. The summed E-state index contributed by atoms with van der Waals surface area (Å²) in [6.07, 6.45) is 4.39. The number of hydrogen-bond acceptors (Lipinski definition) is 2. The van der Waals surface area contributed by atoms with Crippen molar-refractivity contribution in [3.63, 3.8) is 0 Å². The third kappa shape index (κ3) is 5.35. The summed E-state index contributed by atoms with van der Waals surface area (Å²) in [5.74, 6) is 0. The number of hydrogen-bond donors (Lipinski definition) is 0. The van der Waals surface area contributed by atoms with Gasteiger partial charge in [0.25, 0.3) is 0 Å². The molecular weight excluding hydrogens is 230 g/mol. The van der Waals surface area contributed by atoms with Crippen LogP contribution in [0.15, 0.2) is 42.7 Å². The molecule has 0 aliphatic rings. The third-order valence-corrected chi connectivity index (χ3v) is 2.88. The molecule has 0 aromatic heterocycles. The van der Waals surface area contributed by atoms with Gasteiger partial charge in [-0.25, -0.2) is 0 Å². The zero-order valence-corrected chi connectivity index (χ0v) is 11.6. The fourth-order valence-electron chi connectivity index (χ4n) is 1.24. The van der Waals surface area contributed by atoms with Crippen LogP contribution in [0.5, 0.6) is 0 Å². The fraction of sp³-hybridized carbons (Fsp3) is 0.308. The normalized spacial score (nSPS) is 11.5. The van der Waals surface area contributed by atoms with Gasteiger partial charge in [0.15, 0.2) is 0 Å². The second kappa shape index (κ2) is 6.25. The van der Waals surface area contributed by atoms with Gasteiger partial charge >= 0.3 is 0 Å². The van der Waals surface area contributed by atoms with E-state index in [0.29, 0.717) is 6.54 Å². The topological polar surface area (TPSA) is 29.5 Å². The zero-order valence-electron chi connectivity index (χ0n) is 10.6.